The lowest BCUT2D eigenvalue weighted by molar-refractivity contribution is 0.0987. The first kappa shape index (κ1) is 17.6. The molecule has 0 saturated carbocycles. The molecule has 5 heteroatoms. The van der Waals surface area contributed by atoms with Crippen LogP contribution in [-0.4, -0.2) is 22.4 Å². The van der Waals surface area contributed by atoms with Gasteiger partial charge in [0.2, 0.25) is 5.95 Å². The minimum absolute atomic E-state index is 0.114. The molecule has 0 aliphatic carbocycles. The molecule has 0 aliphatic rings. The molecule has 0 unspecified atom stereocenters. The number of nitrogens with zero attached hydrogens (tertiary/aromatic N) is 3. The van der Waals surface area contributed by atoms with Crippen molar-refractivity contribution in [3.05, 3.63) is 77.6 Å². The number of nitrogens with one attached hydrogen (secondary N) is 1. The fraction of sp³-hybridized carbons (Fsp3) is 0.190. The number of carbonyl (C=O) groups is 1. The van der Waals surface area contributed by atoms with Gasteiger partial charge in [-0.05, 0) is 56.2 Å². The molecule has 0 fully saturated rings. The number of benzene rings is 2. The van der Waals surface area contributed by atoms with E-state index >= 15 is 0 Å². The van der Waals surface area contributed by atoms with Crippen molar-refractivity contribution in [2.24, 2.45) is 0 Å². The number of rotatable bonds is 5. The van der Waals surface area contributed by atoms with E-state index in [9.17, 15) is 4.79 Å². The first-order valence-electron chi connectivity index (χ1n) is 8.61. The summed E-state index contributed by atoms with van der Waals surface area (Å²) in [7, 11) is 0. The van der Waals surface area contributed by atoms with Gasteiger partial charge in [-0.2, -0.15) is 0 Å². The third-order valence-corrected chi connectivity index (χ3v) is 4.01. The van der Waals surface area contributed by atoms with Crippen molar-refractivity contribution >= 4 is 23.2 Å². The maximum absolute atomic E-state index is 12.8. The largest absolute Gasteiger partial charge is 0.324 e. The van der Waals surface area contributed by atoms with Crippen molar-refractivity contribution in [3.8, 4) is 0 Å². The molecule has 0 atom stereocenters. The van der Waals surface area contributed by atoms with Gasteiger partial charge in [-0.1, -0.05) is 24.3 Å². The number of para-hydroxylation sites is 1. The molecule has 1 amide bonds. The van der Waals surface area contributed by atoms with E-state index in [4.69, 9.17) is 0 Å². The van der Waals surface area contributed by atoms with Gasteiger partial charge >= 0.3 is 0 Å². The highest BCUT2D eigenvalue weighted by molar-refractivity contribution is 6.05. The number of anilines is 3. The van der Waals surface area contributed by atoms with Crippen molar-refractivity contribution in [1.29, 1.82) is 0 Å². The van der Waals surface area contributed by atoms with Gasteiger partial charge in [-0.3, -0.25) is 4.79 Å². The first-order chi connectivity index (χ1) is 12.6. The Kier molecular flexibility index (Phi) is 5.27. The van der Waals surface area contributed by atoms with Crippen LogP contribution >= 0.6 is 0 Å². The average Bonchev–Trinajstić information content (AvgIpc) is 2.63. The maximum Gasteiger partial charge on any atom is 0.261 e. The number of hydrogen-bond acceptors (Lipinski definition) is 4. The zero-order chi connectivity index (χ0) is 18.5. The third kappa shape index (κ3) is 4.06. The zero-order valence-electron chi connectivity index (χ0n) is 15.2. The molecule has 0 spiro atoms. The Bertz CT molecular complexity index is 871. The van der Waals surface area contributed by atoms with Gasteiger partial charge in [-0.25, -0.2) is 9.97 Å². The maximum atomic E-state index is 12.8. The number of amides is 1. The van der Waals surface area contributed by atoms with Crippen LogP contribution in [-0.2, 0) is 0 Å². The predicted molar refractivity (Wildman–Crippen MR) is 105 cm³/mol. The van der Waals surface area contributed by atoms with E-state index in [1.54, 1.807) is 17.3 Å². The predicted octanol–water partition coefficient (Wildman–Crippen LogP) is 4.50. The van der Waals surface area contributed by atoms with Crippen LogP contribution in [0.2, 0.25) is 0 Å². The van der Waals surface area contributed by atoms with E-state index in [1.165, 1.54) is 11.1 Å². The van der Waals surface area contributed by atoms with E-state index in [0.717, 1.165) is 11.4 Å². The summed E-state index contributed by atoms with van der Waals surface area (Å²) < 4.78 is 0. The Labute approximate surface area is 153 Å². The average molecular weight is 346 g/mol. The van der Waals surface area contributed by atoms with E-state index in [1.807, 2.05) is 63.2 Å². The summed E-state index contributed by atoms with van der Waals surface area (Å²) in [6, 6.07) is 15.8. The van der Waals surface area contributed by atoms with Crippen LogP contribution in [0.5, 0.6) is 0 Å². The topological polar surface area (TPSA) is 58.1 Å². The highest BCUT2D eigenvalue weighted by atomic mass is 16.2. The SMILES string of the molecule is CCN(C(=O)c1cnc(Nc2cc(C)cc(C)c2)nc1)c1ccccc1. The van der Waals surface area contributed by atoms with E-state index in [2.05, 4.69) is 21.4 Å². The number of aromatic nitrogens is 2. The molecule has 0 radical (unpaired) electrons. The van der Waals surface area contributed by atoms with Crippen molar-refractivity contribution in [1.82, 2.24) is 9.97 Å². The molecule has 3 aromatic rings. The second-order valence-electron chi connectivity index (χ2n) is 6.18. The molecular formula is C21H22N4O. The fourth-order valence-corrected chi connectivity index (χ4v) is 2.89. The fourth-order valence-electron chi connectivity index (χ4n) is 2.89. The van der Waals surface area contributed by atoms with Crippen LogP contribution in [0.1, 0.15) is 28.4 Å². The summed E-state index contributed by atoms with van der Waals surface area (Å²) in [6.45, 7) is 6.61. The Morgan fingerprint density at radius 3 is 2.19 bits per heavy atom. The van der Waals surface area contributed by atoms with E-state index < -0.39 is 0 Å². The van der Waals surface area contributed by atoms with E-state index in [0.29, 0.717) is 18.1 Å². The number of aryl methyl sites for hydroxylation is 2. The Hall–Kier alpha value is -3.21. The molecule has 3 rings (SSSR count). The first-order valence-corrected chi connectivity index (χ1v) is 8.61. The summed E-state index contributed by atoms with van der Waals surface area (Å²) in [5, 5.41) is 3.18. The molecule has 26 heavy (non-hydrogen) atoms. The smallest absolute Gasteiger partial charge is 0.261 e. The molecule has 1 heterocycles. The molecule has 2 aromatic carbocycles. The lowest BCUT2D eigenvalue weighted by atomic mass is 10.1. The summed E-state index contributed by atoms with van der Waals surface area (Å²) >= 11 is 0. The molecule has 1 aromatic heterocycles. The zero-order valence-corrected chi connectivity index (χ0v) is 15.2. The normalized spacial score (nSPS) is 10.4. The van der Waals surface area contributed by atoms with Crippen LogP contribution < -0.4 is 10.2 Å². The standard InChI is InChI=1S/C21H22N4O/c1-4-25(19-8-6-5-7-9-19)20(26)17-13-22-21(23-14-17)24-18-11-15(2)10-16(3)12-18/h5-14H,4H2,1-3H3,(H,22,23,24). The summed E-state index contributed by atoms with van der Waals surface area (Å²) in [6.07, 6.45) is 3.12. The van der Waals surface area contributed by atoms with Crippen molar-refractivity contribution in [2.75, 3.05) is 16.8 Å². The van der Waals surface area contributed by atoms with Crippen LogP contribution in [0.25, 0.3) is 0 Å². The van der Waals surface area contributed by atoms with Crippen LogP contribution in [0.3, 0.4) is 0 Å². The Morgan fingerprint density at radius 2 is 1.62 bits per heavy atom. The van der Waals surface area contributed by atoms with Crippen molar-refractivity contribution in [3.63, 3.8) is 0 Å². The molecular weight excluding hydrogens is 324 g/mol. The highest BCUT2D eigenvalue weighted by Crippen LogP contribution is 2.19. The lowest BCUT2D eigenvalue weighted by Gasteiger charge is -2.20. The van der Waals surface area contributed by atoms with Crippen LogP contribution in [0, 0.1) is 13.8 Å². The minimum Gasteiger partial charge on any atom is -0.324 e. The second-order valence-corrected chi connectivity index (χ2v) is 6.18. The summed E-state index contributed by atoms with van der Waals surface area (Å²) in [5.74, 6) is 0.353. The third-order valence-electron chi connectivity index (χ3n) is 4.01. The van der Waals surface area contributed by atoms with Crippen LogP contribution in [0.15, 0.2) is 60.9 Å². The van der Waals surface area contributed by atoms with Gasteiger partial charge in [0.05, 0.1) is 5.56 Å². The quantitative estimate of drug-likeness (QED) is 0.739. The summed E-state index contributed by atoms with van der Waals surface area (Å²) in [4.78, 5) is 23.1. The van der Waals surface area contributed by atoms with Crippen LogP contribution in [0.4, 0.5) is 17.3 Å². The summed E-state index contributed by atoms with van der Waals surface area (Å²) in [5.41, 5.74) is 4.58. The molecule has 132 valence electrons. The molecule has 1 N–H and O–H groups in total. The van der Waals surface area contributed by atoms with Gasteiger partial charge in [0.25, 0.3) is 5.91 Å². The van der Waals surface area contributed by atoms with Gasteiger partial charge in [0, 0.05) is 30.3 Å². The van der Waals surface area contributed by atoms with Crippen molar-refractivity contribution < 1.29 is 4.79 Å². The van der Waals surface area contributed by atoms with E-state index in [-0.39, 0.29) is 5.91 Å². The highest BCUT2D eigenvalue weighted by Gasteiger charge is 2.16. The molecule has 0 bridgehead atoms. The number of hydrogen-bond donors (Lipinski definition) is 1. The number of carbonyl (C=O) groups excluding carboxylic acids is 1. The van der Waals surface area contributed by atoms with Gasteiger partial charge in [-0.15, -0.1) is 0 Å². The lowest BCUT2D eigenvalue weighted by Crippen LogP contribution is -2.30. The Balaban J connectivity index is 1.77. The monoisotopic (exact) mass is 346 g/mol. The molecule has 5 nitrogen and oxygen atoms in total. The minimum atomic E-state index is -0.114. The van der Waals surface area contributed by atoms with Gasteiger partial charge in [0.1, 0.15) is 0 Å². The van der Waals surface area contributed by atoms with Crippen molar-refractivity contribution in [2.45, 2.75) is 20.8 Å². The Morgan fingerprint density at radius 1 is 1.00 bits per heavy atom. The second kappa shape index (κ2) is 7.78. The molecule has 0 saturated heterocycles. The molecule has 0 aliphatic heterocycles. The van der Waals surface area contributed by atoms with Gasteiger partial charge < -0.3 is 10.2 Å². The van der Waals surface area contributed by atoms with Gasteiger partial charge in [0.15, 0.2) is 0 Å².